The zero-order valence-corrected chi connectivity index (χ0v) is 16.2. The fourth-order valence-corrected chi connectivity index (χ4v) is 3.04. The van der Waals surface area contributed by atoms with Gasteiger partial charge in [-0.3, -0.25) is 9.48 Å². The van der Waals surface area contributed by atoms with Gasteiger partial charge in [-0.1, -0.05) is 0 Å². The number of nitrogens with zero attached hydrogens (tertiary/aromatic N) is 3. The van der Waals surface area contributed by atoms with Gasteiger partial charge in [0.05, 0.1) is 36.6 Å². The highest BCUT2D eigenvalue weighted by atomic mass is 19.4. The molecular formula is C18H17F6N5O2. The molecule has 1 aliphatic heterocycles. The number of nitrogens with one attached hydrogen (secondary N) is 2. The highest BCUT2D eigenvalue weighted by Gasteiger charge is 2.38. The summed E-state index contributed by atoms with van der Waals surface area (Å²) in [4.78, 5) is 26.1. The second-order valence-corrected chi connectivity index (χ2v) is 7.08. The Morgan fingerprint density at radius 1 is 1.19 bits per heavy atom. The molecule has 3 amide bonds. The monoisotopic (exact) mass is 449 g/mol. The third kappa shape index (κ3) is 4.59. The van der Waals surface area contributed by atoms with Crippen LogP contribution in [0, 0.1) is 17.5 Å². The second kappa shape index (κ2) is 8.12. The van der Waals surface area contributed by atoms with E-state index in [2.05, 4.69) is 10.4 Å². The fraction of sp³-hybridized carbons (Fsp3) is 0.389. The van der Waals surface area contributed by atoms with Crippen molar-refractivity contribution in [1.82, 2.24) is 20.0 Å². The highest BCUT2D eigenvalue weighted by Crippen LogP contribution is 2.24. The van der Waals surface area contributed by atoms with E-state index in [0.717, 1.165) is 13.1 Å². The van der Waals surface area contributed by atoms with E-state index >= 15 is 0 Å². The summed E-state index contributed by atoms with van der Waals surface area (Å²) < 4.78 is 79.4. The van der Waals surface area contributed by atoms with E-state index in [9.17, 15) is 35.9 Å². The zero-order valence-electron chi connectivity index (χ0n) is 16.2. The first-order valence-electron chi connectivity index (χ1n) is 9.03. The lowest BCUT2D eigenvalue weighted by atomic mass is 10.1. The van der Waals surface area contributed by atoms with E-state index in [4.69, 9.17) is 0 Å². The number of carbonyl (C=O) groups is 2. The molecule has 0 fully saturated rings. The Morgan fingerprint density at radius 3 is 2.39 bits per heavy atom. The smallest absolute Gasteiger partial charge is 0.340 e. The minimum absolute atomic E-state index is 0.122. The van der Waals surface area contributed by atoms with Crippen LogP contribution in [0.15, 0.2) is 18.3 Å². The topological polar surface area (TPSA) is 79.3 Å². The van der Waals surface area contributed by atoms with Gasteiger partial charge in [0.25, 0.3) is 5.91 Å². The number of aromatic nitrogens is 2. The molecule has 1 aromatic carbocycles. The Morgan fingerprint density at radius 2 is 1.81 bits per heavy atom. The van der Waals surface area contributed by atoms with Crippen LogP contribution < -0.4 is 10.6 Å². The summed E-state index contributed by atoms with van der Waals surface area (Å²) in [6.45, 7) is 2.34. The van der Waals surface area contributed by atoms with E-state index in [1.165, 1.54) is 9.58 Å². The number of halogens is 6. The number of anilines is 1. The molecule has 0 saturated heterocycles. The van der Waals surface area contributed by atoms with Crippen molar-refractivity contribution in [3.8, 4) is 0 Å². The minimum Gasteiger partial charge on any atom is -0.340 e. The summed E-state index contributed by atoms with van der Waals surface area (Å²) in [6.07, 6.45) is -3.53. The lowest BCUT2D eigenvalue weighted by Crippen LogP contribution is -2.48. The number of rotatable bonds is 3. The number of amides is 3. The maximum atomic E-state index is 13.4. The number of carbonyl (C=O) groups excluding carboxylic acids is 2. The molecule has 0 saturated carbocycles. The molecule has 2 heterocycles. The standard InChI is InChI=1S/C18H17F6N5O2/c1-8-6-29-14(11(5-25-29)16(30)26-9(2)18(22,23)24)7-28(8)17(31)27-10-3-12(19)15(21)13(20)4-10/h3-5,8-9H,6-7H2,1-2H3,(H,26,30)(H,27,31)/t8-,9?/m0/s1. The van der Waals surface area contributed by atoms with Crippen LogP contribution in [0.5, 0.6) is 0 Å². The van der Waals surface area contributed by atoms with Gasteiger partial charge in [0.1, 0.15) is 6.04 Å². The third-order valence-corrected chi connectivity index (χ3v) is 4.82. The van der Waals surface area contributed by atoms with Crippen LogP contribution in [0.4, 0.5) is 36.8 Å². The lowest BCUT2D eigenvalue weighted by Gasteiger charge is -2.34. The van der Waals surface area contributed by atoms with Crippen molar-refractivity contribution in [3.63, 3.8) is 0 Å². The maximum Gasteiger partial charge on any atom is 0.408 e. The summed E-state index contributed by atoms with van der Waals surface area (Å²) in [5, 5.41) is 8.05. The summed E-state index contributed by atoms with van der Waals surface area (Å²) in [5.74, 6) is -5.67. The van der Waals surface area contributed by atoms with Crippen LogP contribution in [-0.4, -0.2) is 44.9 Å². The van der Waals surface area contributed by atoms with Gasteiger partial charge < -0.3 is 15.5 Å². The number of fused-ring (bicyclic) bond motifs is 1. The molecule has 0 spiro atoms. The predicted molar refractivity (Wildman–Crippen MR) is 95.5 cm³/mol. The van der Waals surface area contributed by atoms with E-state index in [1.807, 2.05) is 5.32 Å². The van der Waals surface area contributed by atoms with Gasteiger partial charge in [-0.25, -0.2) is 18.0 Å². The molecule has 2 atom stereocenters. The normalized spacial score (nSPS) is 17.2. The quantitative estimate of drug-likeness (QED) is 0.557. The van der Waals surface area contributed by atoms with E-state index in [0.29, 0.717) is 12.1 Å². The van der Waals surface area contributed by atoms with E-state index < -0.39 is 47.6 Å². The van der Waals surface area contributed by atoms with Crippen molar-refractivity contribution in [3.05, 3.63) is 47.0 Å². The van der Waals surface area contributed by atoms with Gasteiger partial charge in [-0.15, -0.1) is 0 Å². The summed E-state index contributed by atoms with van der Waals surface area (Å²) in [5.41, 5.74) is -0.277. The van der Waals surface area contributed by atoms with Crippen molar-refractivity contribution in [2.75, 3.05) is 5.32 Å². The lowest BCUT2D eigenvalue weighted by molar-refractivity contribution is -0.149. The van der Waals surface area contributed by atoms with Crippen molar-refractivity contribution in [2.24, 2.45) is 0 Å². The average Bonchev–Trinajstić information content (AvgIpc) is 3.07. The maximum absolute atomic E-state index is 13.4. The molecular weight excluding hydrogens is 432 g/mol. The first kappa shape index (κ1) is 22.4. The van der Waals surface area contributed by atoms with E-state index in [-0.39, 0.29) is 30.0 Å². The number of hydrogen-bond donors (Lipinski definition) is 2. The van der Waals surface area contributed by atoms with Crippen LogP contribution in [-0.2, 0) is 13.1 Å². The molecule has 3 rings (SSSR count). The molecule has 1 unspecified atom stereocenters. The van der Waals surface area contributed by atoms with Gasteiger partial charge in [0.15, 0.2) is 17.5 Å². The molecule has 7 nitrogen and oxygen atoms in total. The Kier molecular flexibility index (Phi) is 5.87. The van der Waals surface area contributed by atoms with Crippen molar-refractivity contribution in [2.45, 2.75) is 45.2 Å². The first-order chi connectivity index (χ1) is 14.4. The summed E-state index contributed by atoms with van der Waals surface area (Å²) in [6, 6.07) is -2.17. The van der Waals surface area contributed by atoms with Gasteiger partial charge >= 0.3 is 12.2 Å². The van der Waals surface area contributed by atoms with Crippen LogP contribution in [0.1, 0.15) is 29.9 Å². The number of hydrogen-bond acceptors (Lipinski definition) is 3. The number of benzene rings is 1. The minimum atomic E-state index is -4.64. The van der Waals surface area contributed by atoms with E-state index in [1.54, 1.807) is 6.92 Å². The van der Waals surface area contributed by atoms with Crippen LogP contribution >= 0.6 is 0 Å². The molecule has 13 heteroatoms. The Hall–Kier alpha value is -3.25. The molecule has 2 aromatic rings. The van der Waals surface area contributed by atoms with Crippen molar-refractivity contribution < 1.29 is 35.9 Å². The zero-order chi connectivity index (χ0) is 23.1. The fourth-order valence-electron chi connectivity index (χ4n) is 3.04. The predicted octanol–water partition coefficient (Wildman–Crippen LogP) is 3.42. The van der Waals surface area contributed by atoms with Gasteiger partial charge in [0.2, 0.25) is 0 Å². The average molecular weight is 449 g/mol. The Labute approximate surface area is 172 Å². The molecule has 2 N–H and O–H groups in total. The number of alkyl halides is 3. The molecule has 31 heavy (non-hydrogen) atoms. The summed E-state index contributed by atoms with van der Waals surface area (Å²) in [7, 11) is 0. The SMILES string of the molecule is CC(NC(=O)c1cnn2c1CN(C(=O)Nc1cc(F)c(F)c(F)c1)[C@@H](C)C2)C(F)(F)F. The van der Waals surface area contributed by atoms with Crippen LogP contribution in [0.25, 0.3) is 0 Å². The molecule has 0 aliphatic carbocycles. The van der Waals surface area contributed by atoms with Crippen molar-refractivity contribution >= 4 is 17.6 Å². The molecule has 0 bridgehead atoms. The van der Waals surface area contributed by atoms with Crippen LogP contribution in [0.2, 0.25) is 0 Å². The second-order valence-electron chi connectivity index (χ2n) is 7.08. The largest absolute Gasteiger partial charge is 0.408 e. The number of urea groups is 1. The Balaban J connectivity index is 1.78. The van der Waals surface area contributed by atoms with Gasteiger partial charge in [-0.05, 0) is 13.8 Å². The molecule has 0 radical (unpaired) electrons. The highest BCUT2D eigenvalue weighted by molar-refractivity contribution is 5.96. The van der Waals surface area contributed by atoms with Gasteiger partial charge in [-0.2, -0.15) is 18.3 Å². The molecule has 1 aromatic heterocycles. The third-order valence-electron chi connectivity index (χ3n) is 4.82. The summed E-state index contributed by atoms with van der Waals surface area (Å²) >= 11 is 0. The molecule has 168 valence electrons. The first-order valence-corrected chi connectivity index (χ1v) is 9.03. The van der Waals surface area contributed by atoms with Crippen molar-refractivity contribution in [1.29, 1.82) is 0 Å². The molecule has 1 aliphatic rings. The van der Waals surface area contributed by atoms with Crippen LogP contribution in [0.3, 0.4) is 0 Å². The van der Waals surface area contributed by atoms with Gasteiger partial charge in [0, 0.05) is 17.8 Å². The Bertz CT molecular complexity index is 998.